The number of phenolic OH excluding ortho intramolecular Hbond substituents is 1. The maximum atomic E-state index is 12.6. The average molecular weight is 422 g/mol. The van der Waals surface area contributed by atoms with Crippen LogP contribution in [0.4, 0.5) is 10.5 Å². The molecule has 0 aliphatic heterocycles. The molecule has 3 rings (SSSR count). The number of hydrogen-bond acceptors (Lipinski definition) is 6. The molecule has 0 bridgehead atoms. The highest BCUT2D eigenvalue weighted by Crippen LogP contribution is 2.35. The number of hydrogen-bond donors (Lipinski definition) is 4. The topological polar surface area (TPSA) is 117 Å². The first-order chi connectivity index (χ1) is 15.0. The van der Waals surface area contributed by atoms with Crippen LogP contribution < -0.4 is 10.8 Å². The number of hydroxylamine groups is 1. The Morgan fingerprint density at radius 2 is 1.65 bits per heavy atom. The Balaban J connectivity index is 2.00. The second-order valence-corrected chi connectivity index (χ2v) is 6.57. The van der Waals surface area contributed by atoms with E-state index in [-0.39, 0.29) is 5.75 Å². The van der Waals surface area contributed by atoms with Crippen LogP contribution in [0.5, 0.6) is 5.75 Å². The van der Waals surface area contributed by atoms with E-state index < -0.39 is 24.2 Å². The van der Waals surface area contributed by atoms with Crippen molar-refractivity contribution < 1.29 is 29.4 Å². The third-order valence-corrected chi connectivity index (χ3v) is 4.61. The summed E-state index contributed by atoms with van der Waals surface area (Å²) in [5.74, 6) is -0.680. The van der Waals surface area contributed by atoms with Crippen molar-refractivity contribution in [3.8, 4) is 5.75 Å². The molecule has 4 N–H and O–H groups in total. The number of carbonyl (C=O) groups excluding carboxylic acids is 2. The van der Waals surface area contributed by atoms with Gasteiger partial charge in [-0.3, -0.25) is 15.3 Å². The molecule has 0 saturated heterocycles. The molecule has 0 radical (unpaired) electrons. The molecule has 8 heteroatoms. The van der Waals surface area contributed by atoms with Gasteiger partial charge >= 0.3 is 6.09 Å². The molecule has 3 aromatic rings. The maximum absolute atomic E-state index is 12.6. The summed E-state index contributed by atoms with van der Waals surface area (Å²) in [4.78, 5) is 24.1. The van der Waals surface area contributed by atoms with Gasteiger partial charge in [-0.15, -0.1) is 0 Å². The number of carbonyl (C=O) groups is 2. The van der Waals surface area contributed by atoms with E-state index in [1.54, 1.807) is 54.6 Å². The van der Waals surface area contributed by atoms with Crippen LogP contribution in [0.15, 0.2) is 78.9 Å². The van der Waals surface area contributed by atoms with Crippen LogP contribution in [-0.4, -0.2) is 35.5 Å². The van der Waals surface area contributed by atoms with Crippen LogP contribution in [-0.2, 0) is 14.3 Å². The molecule has 0 aliphatic rings. The van der Waals surface area contributed by atoms with Crippen molar-refractivity contribution in [3.63, 3.8) is 0 Å². The zero-order chi connectivity index (χ0) is 22.2. The van der Waals surface area contributed by atoms with E-state index in [4.69, 9.17) is 14.7 Å². The van der Waals surface area contributed by atoms with Crippen molar-refractivity contribution in [1.29, 1.82) is 0 Å². The van der Waals surface area contributed by atoms with E-state index in [2.05, 4.69) is 5.32 Å². The summed E-state index contributed by atoms with van der Waals surface area (Å²) in [6.45, 7) is 0. The zero-order valence-corrected chi connectivity index (χ0v) is 16.7. The number of anilines is 1. The van der Waals surface area contributed by atoms with Crippen molar-refractivity contribution >= 4 is 28.5 Å². The van der Waals surface area contributed by atoms with Gasteiger partial charge in [0.2, 0.25) is 0 Å². The van der Waals surface area contributed by atoms with Gasteiger partial charge < -0.3 is 14.6 Å². The van der Waals surface area contributed by atoms with Crippen LogP contribution in [0.3, 0.4) is 0 Å². The summed E-state index contributed by atoms with van der Waals surface area (Å²) in [6, 6.07) is 19.0. The fourth-order valence-electron chi connectivity index (χ4n) is 3.17. The molecule has 2 atom stereocenters. The molecule has 0 fully saturated rings. The quantitative estimate of drug-likeness (QED) is 0.261. The molecule has 0 spiro atoms. The van der Waals surface area contributed by atoms with Crippen LogP contribution >= 0.6 is 0 Å². The monoisotopic (exact) mass is 422 g/mol. The second-order valence-electron chi connectivity index (χ2n) is 6.57. The van der Waals surface area contributed by atoms with E-state index in [1.165, 1.54) is 24.7 Å². The summed E-state index contributed by atoms with van der Waals surface area (Å²) >= 11 is 0. The van der Waals surface area contributed by atoms with Gasteiger partial charge in [0.15, 0.2) is 6.10 Å². The Kier molecular flexibility index (Phi) is 7.21. The van der Waals surface area contributed by atoms with E-state index in [0.29, 0.717) is 22.0 Å². The highest BCUT2D eigenvalue weighted by molar-refractivity contribution is 5.92. The molecule has 8 nitrogen and oxygen atoms in total. The van der Waals surface area contributed by atoms with Crippen LogP contribution in [0, 0.1) is 0 Å². The lowest BCUT2D eigenvalue weighted by Gasteiger charge is -2.25. The maximum Gasteiger partial charge on any atom is 0.412 e. The van der Waals surface area contributed by atoms with E-state index in [9.17, 15) is 14.7 Å². The van der Waals surface area contributed by atoms with Gasteiger partial charge in [0.1, 0.15) is 11.9 Å². The van der Waals surface area contributed by atoms with Crippen molar-refractivity contribution in [3.05, 3.63) is 84.4 Å². The zero-order valence-electron chi connectivity index (χ0n) is 16.7. The largest absolute Gasteiger partial charge is 0.507 e. The fraction of sp³-hybridized carbons (Fsp3) is 0.130. The molecular formula is C23H22N2O6. The Morgan fingerprint density at radius 1 is 0.968 bits per heavy atom. The SMILES string of the molecule is CO[C@H](/C=C/C(=O)NO)[C@H](OC(=O)Nc1ccccc1)c1ccc(O)c2ccccc12. The highest BCUT2D eigenvalue weighted by atomic mass is 16.6. The molecular weight excluding hydrogens is 400 g/mol. The number of amides is 2. The van der Waals surface area contributed by atoms with Crippen molar-refractivity contribution in [2.75, 3.05) is 12.4 Å². The summed E-state index contributed by atoms with van der Waals surface area (Å²) in [5, 5.41) is 22.8. The Labute approximate surface area is 178 Å². The number of nitrogens with one attached hydrogen (secondary N) is 2. The molecule has 0 saturated carbocycles. The van der Waals surface area contributed by atoms with Crippen molar-refractivity contribution in [1.82, 2.24) is 5.48 Å². The number of fused-ring (bicyclic) bond motifs is 1. The number of para-hydroxylation sites is 1. The van der Waals surface area contributed by atoms with Crippen LogP contribution in [0.2, 0.25) is 0 Å². The number of rotatable bonds is 7. The predicted molar refractivity (Wildman–Crippen MR) is 115 cm³/mol. The van der Waals surface area contributed by atoms with Gasteiger partial charge in [0.05, 0.1) is 0 Å². The predicted octanol–water partition coefficient (Wildman–Crippen LogP) is 3.91. The minimum absolute atomic E-state index is 0.0796. The molecule has 0 unspecified atom stereocenters. The minimum Gasteiger partial charge on any atom is -0.507 e. The first-order valence-corrected chi connectivity index (χ1v) is 9.42. The van der Waals surface area contributed by atoms with Gasteiger partial charge in [0, 0.05) is 29.8 Å². The number of ether oxygens (including phenoxy) is 2. The third-order valence-electron chi connectivity index (χ3n) is 4.61. The summed E-state index contributed by atoms with van der Waals surface area (Å²) in [6.07, 6.45) is -0.125. The number of benzene rings is 3. The number of aromatic hydroxyl groups is 1. The van der Waals surface area contributed by atoms with Crippen LogP contribution in [0.25, 0.3) is 10.8 Å². The summed E-state index contributed by atoms with van der Waals surface area (Å²) < 4.78 is 11.2. The van der Waals surface area contributed by atoms with Crippen molar-refractivity contribution in [2.45, 2.75) is 12.2 Å². The van der Waals surface area contributed by atoms with Crippen LogP contribution in [0.1, 0.15) is 11.7 Å². The van der Waals surface area contributed by atoms with E-state index in [0.717, 1.165) is 6.08 Å². The second kappa shape index (κ2) is 10.2. The molecule has 0 aliphatic carbocycles. The normalized spacial score (nSPS) is 13.0. The summed E-state index contributed by atoms with van der Waals surface area (Å²) in [5.41, 5.74) is 2.61. The average Bonchev–Trinajstić information content (AvgIpc) is 2.79. The standard InChI is InChI=1S/C23H22N2O6/c1-30-20(13-14-21(27)25-29)22(31-23(28)24-15-7-3-2-4-8-15)18-11-12-19(26)17-10-6-5-9-16(17)18/h2-14,20,22,26,29H,1H3,(H,24,28)(H,25,27)/b14-13+/t20-,22-/m1/s1. The number of methoxy groups -OCH3 is 1. The Hall–Kier alpha value is -3.88. The van der Waals surface area contributed by atoms with Gasteiger partial charge in [-0.1, -0.05) is 48.5 Å². The Bertz CT molecular complexity index is 1080. The van der Waals surface area contributed by atoms with E-state index >= 15 is 0 Å². The smallest absolute Gasteiger partial charge is 0.412 e. The molecule has 2 amide bonds. The lowest BCUT2D eigenvalue weighted by molar-refractivity contribution is -0.124. The van der Waals surface area contributed by atoms with E-state index in [1.807, 2.05) is 6.07 Å². The van der Waals surface area contributed by atoms with Gasteiger partial charge in [0.25, 0.3) is 5.91 Å². The molecule has 160 valence electrons. The molecule has 3 aromatic carbocycles. The van der Waals surface area contributed by atoms with Gasteiger partial charge in [-0.25, -0.2) is 10.3 Å². The lowest BCUT2D eigenvalue weighted by Crippen LogP contribution is -2.27. The van der Waals surface area contributed by atoms with Gasteiger partial charge in [-0.05, 0) is 29.7 Å². The lowest BCUT2D eigenvalue weighted by atomic mass is 9.96. The number of phenols is 1. The first-order valence-electron chi connectivity index (χ1n) is 9.42. The minimum atomic E-state index is -0.970. The Morgan fingerprint density at radius 3 is 2.32 bits per heavy atom. The first kappa shape index (κ1) is 21.8. The fourth-order valence-corrected chi connectivity index (χ4v) is 3.17. The highest BCUT2D eigenvalue weighted by Gasteiger charge is 2.28. The molecule has 0 aromatic heterocycles. The summed E-state index contributed by atoms with van der Waals surface area (Å²) in [7, 11) is 1.40. The van der Waals surface area contributed by atoms with Gasteiger partial charge in [-0.2, -0.15) is 0 Å². The third kappa shape index (κ3) is 5.39. The molecule has 31 heavy (non-hydrogen) atoms. The molecule has 0 heterocycles. The van der Waals surface area contributed by atoms with Crippen molar-refractivity contribution in [2.24, 2.45) is 0 Å².